The van der Waals surface area contributed by atoms with Crippen molar-refractivity contribution < 1.29 is 4.74 Å². The van der Waals surface area contributed by atoms with Crippen molar-refractivity contribution >= 4 is 22.6 Å². The van der Waals surface area contributed by atoms with Crippen LogP contribution in [0.1, 0.15) is 0 Å². The van der Waals surface area contributed by atoms with Crippen LogP contribution in [0, 0.1) is 0 Å². The summed E-state index contributed by atoms with van der Waals surface area (Å²) in [5.41, 5.74) is 5.26. The molecule has 0 aliphatic rings. The van der Waals surface area contributed by atoms with E-state index in [0.29, 0.717) is 5.76 Å². The summed E-state index contributed by atoms with van der Waals surface area (Å²) in [5.74, 6) is 1.36. The average molecular weight is 313 g/mol. The van der Waals surface area contributed by atoms with Crippen molar-refractivity contribution in [3.63, 3.8) is 0 Å². The summed E-state index contributed by atoms with van der Waals surface area (Å²) in [5, 5.41) is 0. The molecule has 0 fully saturated rings. The molecule has 0 saturated heterocycles. The summed E-state index contributed by atoms with van der Waals surface area (Å²) in [6, 6.07) is 9.52. The molecule has 1 aromatic rings. The Morgan fingerprint density at radius 3 is 2.60 bits per heavy atom. The van der Waals surface area contributed by atoms with E-state index in [2.05, 4.69) is 29.2 Å². The third kappa shape index (κ3) is 4.69. The maximum absolute atomic E-state index is 5.48. The van der Waals surface area contributed by atoms with E-state index in [1.165, 1.54) is 6.20 Å². The van der Waals surface area contributed by atoms with Gasteiger partial charge in [-0.15, -0.1) is 0 Å². The van der Waals surface area contributed by atoms with Gasteiger partial charge >= 0.3 is 0 Å². The number of hydrogen-bond acceptors (Lipinski definition) is 2. The van der Waals surface area contributed by atoms with Crippen molar-refractivity contribution in [1.82, 2.24) is 0 Å². The highest BCUT2D eigenvalue weighted by Crippen LogP contribution is 2.15. The van der Waals surface area contributed by atoms with Crippen LogP contribution in [0.2, 0.25) is 0 Å². The molecule has 2 nitrogen and oxygen atoms in total. The van der Waals surface area contributed by atoms with Crippen molar-refractivity contribution in [2.45, 2.75) is 0 Å². The molecule has 0 bridgehead atoms. The van der Waals surface area contributed by atoms with E-state index in [1.807, 2.05) is 36.4 Å². The molecular weight excluding hydrogens is 301 g/mol. The maximum atomic E-state index is 5.48. The Hall–Kier alpha value is -1.23. The van der Waals surface area contributed by atoms with Gasteiger partial charge < -0.3 is 10.5 Å². The van der Waals surface area contributed by atoms with Crippen LogP contribution in [-0.4, -0.2) is 0 Å². The standard InChI is InChI=1S/C12H12INO/c1-10(9-11(13)7-8-14)15-12-5-3-2-4-6-12/h2-9H,1,14H2/b8-7-,11-9+. The molecule has 3 heteroatoms. The van der Waals surface area contributed by atoms with Crippen molar-refractivity contribution in [2.75, 3.05) is 0 Å². The summed E-state index contributed by atoms with van der Waals surface area (Å²) in [7, 11) is 0. The second-order valence-corrected chi connectivity index (χ2v) is 4.02. The van der Waals surface area contributed by atoms with E-state index in [9.17, 15) is 0 Å². The van der Waals surface area contributed by atoms with Crippen LogP contribution < -0.4 is 10.5 Å². The SMILES string of the molecule is C=C(/C=C(I)\C=C/N)Oc1ccccc1. The van der Waals surface area contributed by atoms with E-state index in [1.54, 1.807) is 6.08 Å². The number of allylic oxidation sites excluding steroid dienone is 3. The molecule has 15 heavy (non-hydrogen) atoms. The molecule has 0 aliphatic heterocycles. The predicted octanol–water partition coefficient (Wildman–Crippen LogP) is 3.37. The molecule has 0 amide bonds. The minimum Gasteiger partial charge on any atom is -0.458 e. The first kappa shape index (κ1) is 11.8. The minimum absolute atomic E-state index is 0.587. The summed E-state index contributed by atoms with van der Waals surface area (Å²) >= 11 is 2.15. The fourth-order valence-corrected chi connectivity index (χ4v) is 1.52. The van der Waals surface area contributed by atoms with Gasteiger partial charge in [-0.25, -0.2) is 0 Å². The first-order valence-corrected chi connectivity index (χ1v) is 5.47. The molecule has 1 aromatic carbocycles. The molecule has 0 heterocycles. The third-order valence-corrected chi connectivity index (χ3v) is 2.22. The molecule has 78 valence electrons. The zero-order valence-electron chi connectivity index (χ0n) is 8.19. The molecule has 0 unspecified atom stereocenters. The molecule has 0 aliphatic carbocycles. The van der Waals surface area contributed by atoms with Crippen molar-refractivity contribution in [3.8, 4) is 5.75 Å². The van der Waals surface area contributed by atoms with E-state index < -0.39 is 0 Å². The predicted molar refractivity (Wildman–Crippen MR) is 71.6 cm³/mol. The topological polar surface area (TPSA) is 35.2 Å². The van der Waals surface area contributed by atoms with Crippen molar-refractivity contribution in [3.05, 3.63) is 64.6 Å². The Morgan fingerprint density at radius 1 is 1.33 bits per heavy atom. The monoisotopic (exact) mass is 313 g/mol. The summed E-state index contributed by atoms with van der Waals surface area (Å²) < 4.78 is 6.45. The van der Waals surface area contributed by atoms with Gasteiger partial charge in [0.15, 0.2) is 0 Å². The fraction of sp³-hybridized carbons (Fsp3) is 0. The highest BCUT2D eigenvalue weighted by Gasteiger charge is 1.94. The minimum atomic E-state index is 0.587. The zero-order valence-corrected chi connectivity index (χ0v) is 10.3. The number of ether oxygens (including phenoxy) is 1. The van der Waals surface area contributed by atoms with E-state index in [0.717, 1.165) is 9.33 Å². The van der Waals surface area contributed by atoms with Gasteiger partial charge in [0, 0.05) is 3.58 Å². The van der Waals surface area contributed by atoms with Gasteiger partial charge in [0.1, 0.15) is 11.5 Å². The average Bonchev–Trinajstić information content (AvgIpc) is 2.19. The van der Waals surface area contributed by atoms with Crippen molar-refractivity contribution in [1.29, 1.82) is 0 Å². The van der Waals surface area contributed by atoms with E-state index >= 15 is 0 Å². The molecule has 0 radical (unpaired) electrons. The highest BCUT2D eigenvalue weighted by atomic mass is 127. The number of halogens is 1. The van der Waals surface area contributed by atoms with Crippen LogP contribution in [-0.2, 0) is 0 Å². The zero-order chi connectivity index (χ0) is 11.1. The van der Waals surface area contributed by atoms with Gasteiger partial charge in [0.2, 0.25) is 0 Å². The smallest absolute Gasteiger partial charge is 0.127 e. The van der Waals surface area contributed by atoms with Gasteiger partial charge in [-0.1, -0.05) is 24.8 Å². The van der Waals surface area contributed by atoms with Crippen LogP contribution in [0.15, 0.2) is 64.6 Å². The van der Waals surface area contributed by atoms with Crippen LogP contribution in [0.4, 0.5) is 0 Å². The second-order valence-electron chi connectivity index (χ2n) is 2.77. The van der Waals surface area contributed by atoms with Gasteiger partial charge in [0.05, 0.1) is 0 Å². The van der Waals surface area contributed by atoms with Gasteiger partial charge in [-0.3, -0.25) is 0 Å². The Kier molecular flexibility index (Phi) is 4.97. The Bertz CT molecular complexity index is 382. The largest absolute Gasteiger partial charge is 0.458 e. The normalized spacial score (nSPS) is 11.7. The number of nitrogens with two attached hydrogens (primary N) is 1. The van der Waals surface area contributed by atoms with Crippen molar-refractivity contribution in [2.24, 2.45) is 5.73 Å². The highest BCUT2D eigenvalue weighted by molar-refractivity contribution is 14.1. The van der Waals surface area contributed by atoms with Crippen LogP contribution in [0.25, 0.3) is 0 Å². The van der Waals surface area contributed by atoms with Crippen LogP contribution in [0.3, 0.4) is 0 Å². The first-order chi connectivity index (χ1) is 7.22. The third-order valence-electron chi connectivity index (χ3n) is 1.55. The quantitative estimate of drug-likeness (QED) is 0.525. The Morgan fingerprint density at radius 2 is 2.00 bits per heavy atom. The number of hydrogen-bond donors (Lipinski definition) is 1. The molecule has 2 N–H and O–H groups in total. The lowest BCUT2D eigenvalue weighted by molar-refractivity contribution is 0.447. The molecule has 0 spiro atoms. The fourth-order valence-electron chi connectivity index (χ4n) is 0.963. The molecule has 1 rings (SSSR count). The lowest BCUT2D eigenvalue weighted by atomic mass is 10.3. The second kappa shape index (κ2) is 6.29. The first-order valence-electron chi connectivity index (χ1n) is 4.39. The molecule has 0 atom stereocenters. The number of benzene rings is 1. The van der Waals surface area contributed by atoms with Gasteiger partial charge in [-0.2, -0.15) is 0 Å². The molecule has 0 saturated carbocycles. The summed E-state index contributed by atoms with van der Waals surface area (Å²) in [6.45, 7) is 3.79. The Balaban J connectivity index is 2.61. The maximum Gasteiger partial charge on any atom is 0.127 e. The number of para-hydroxylation sites is 1. The Labute approximate surface area is 103 Å². The lowest BCUT2D eigenvalue weighted by Crippen LogP contribution is -1.90. The van der Waals surface area contributed by atoms with Gasteiger partial charge in [-0.05, 0) is 53.1 Å². The molecular formula is C12H12INO. The van der Waals surface area contributed by atoms with E-state index in [-0.39, 0.29) is 0 Å². The summed E-state index contributed by atoms with van der Waals surface area (Å²) in [6.07, 6.45) is 5.07. The van der Waals surface area contributed by atoms with Crippen LogP contribution >= 0.6 is 22.6 Å². The van der Waals surface area contributed by atoms with E-state index in [4.69, 9.17) is 10.5 Å². The molecule has 0 aromatic heterocycles. The van der Waals surface area contributed by atoms with Crippen LogP contribution in [0.5, 0.6) is 5.75 Å². The lowest BCUT2D eigenvalue weighted by Gasteiger charge is -2.04. The van der Waals surface area contributed by atoms with Gasteiger partial charge in [0.25, 0.3) is 0 Å². The summed E-state index contributed by atoms with van der Waals surface area (Å²) in [4.78, 5) is 0. The number of rotatable bonds is 4.